The van der Waals surface area contributed by atoms with Crippen LogP contribution in [0.5, 0.6) is 0 Å². The first kappa shape index (κ1) is 17.4. The van der Waals surface area contributed by atoms with E-state index in [0.717, 1.165) is 5.56 Å². The van der Waals surface area contributed by atoms with E-state index < -0.39 is 5.92 Å². The van der Waals surface area contributed by atoms with Gasteiger partial charge in [-0.05, 0) is 29.8 Å². The van der Waals surface area contributed by atoms with Gasteiger partial charge in [0.1, 0.15) is 0 Å². The number of rotatable bonds is 3. The molecule has 0 saturated heterocycles. The van der Waals surface area contributed by atoms with Crippen molar-refractivity contribution in [1.82, 2.24) is 5.32 Å². The highest BCUT2D eigenvalue weighted by atomic mass is 35.5. The SMILES string of the molecule is CNC(=O)Nc1cc(Cl)c(C(C#N)c2ccc(Cl)cc2)c(Cl)c1. The molecule has 1 atom stereocenters. The second-order valence-corrected chi connectivity index (χ2v) is 5.92. The average molecular weight is 369 g/mol. The maximum atomic E-state index is 11.4. The Kier molecular flexibility index (Phi) is 5.73. The molecule has 0 fully saturated rings. The number of carbonyl (C=O) groups is 1. The Bertz CT molecular complexity index is 746. The average Bonchev–Trinajstić information content (AvgIpc) is 2.52. The fourth-order valence-corrected chi connectivity index (χ4v) is 2.92. The number of halogens is 3. The molecule has 4 nitrogen and oxygen atoms in total. The van der Waals surface area contributed by atoms with Crippen molar-refractivity contribution in [3.8, 4) is 6.07 Å². The third-order valence-electron chi connectivity index (χ3n) is 3.19. The highest BCUT2D eigenvalue weighted by molar-refractivity contribution is 6.36. The van der Waals surface area contributed by atoms with Crippen LogP contribution < -0.4 is 10.6 Å². The summed E-state index contributed by atoms with van der Waals surface area (Å²) < 4.78 is 0. The zero-order valence-corrected chi connectivity index (χ0v) is 14.3. The fourth-order valence-electron chi connectivity index (χ4n) is 2.09. The standard InChI is InChI=1S/C16H12Cl3N3O/c1-21-16(23)22-11-6-13(18)15(14(19)7-11)12(8-20)9-2-4-10(17)5-3-9/h2-7,12H,1H3,(H2,21,22,23). The zero-order chi connectivity index (χ0) is 17.0. The summed E-state index contributed by atoms with van der Waals surface area (Å²) in [5.41, 5.74) is 1.66. The molecule has 0 aliphatic heterocycles. The lowest BCUT2D eigenvalue weighted by molar-refractivity contribution is 0.254. The Morgan fingerprint density at radius 1 is 1.13 bits per heavy atom. The highest BCUT2D eigenvalue weighted by Gasteiger charge is 2.21. The maximum Gasteiger partial charge on any atom is 0.318 e. The van der Waals surface area contributed by atoms with E-state index in [1.807, 2.05) is 0 Å². The number of benzene rings is 2. The normalized spacial score (nSPS) is 11.4. The zero-order valence-electron chi connectivity index (χ0n) is 12.0. The lowest BCUT2D eigenvalue weighted by Crippen LogP contribution is -2.24. The molecule has 2 rings (SSSR count). The number of nitrogens with zero attached hydrogens (tertiary/aromatic N) is 1. The summed E-state index contributed by atoms with van der Waals surface area (Å²) in [5.74, 6) is -0.638. The molecule has 0 saturated carbocycles. The van der Waals surface area contributed by atoms with Crippen molar-refractivity contribution in [2.45, 2.75) is 5.92 Å². The summed E-state index contributed by atoms with van der Waals surface area (Å²) in [6.45, 7) is 0. The predicted molar refractivity (Wildman–Crippen MR) is 93.4 cm³/mol. The predicted octanol–water partition coefficient (Wildman–Crippen LogP) is 5.05. The molecule has 0 aromatic heterocycles. The summed E-state index contributed by atoms with van der Waals surface area (Å²) >= 11 is 18.4. The topological polar surface area (TPSA) is 64.9 Å². The van der Waals surface area contributed by atoms with Crippen LogP contribution in [0.25, 0.3) is 0 Å². The highest BCUT2D eigenvalue weighted by Crippen LogP contribution is 2.38. The molecule has 0 heterocycles. The van der Waals surface area contributed by atoms with Gasteiger partial charge in [-0.1, -0.05) is 46.9 Å². The van der Waals surface area contributed by atoms with E-state index in [0.29, 0.717) is 26.3 Å². The van der Waals surface area contributed by atoms with Crippen LogP contribution in [0.15, 0.2) is 36.4 Å². The van der Waals surface area contributed by atoms with E-state index in [-0.39, 0.29) is 6.03 Å². The third kappa shape index (κ3) is 4.08. The van der Waals surface area contributed by atoms with E-state index in [9.17, 15) is 10.1 Å². The van der Waals surface area contributed by atoms with E-state index in [4.69, 9.17) is 34.8 Å². The molecule has 0 radical (unpaired) electrons. The molecule has 23 heavy (non-hydrogen) atoms. The second kappa shape index (κ2) is 7.56. The number of nitrogens with one attached hydrogen (secondary N) is 2. The van der Waals surface area contributed by atoms with Gasteiger partial charge < -0.3 is 10.6 Å². The fraction of sp³-hybridized carbons (Fsp3) is 0.125. The lowest BCUT2D eigenvalue weighted by atomic mass is 9.92. The van der Waals surface area contributed by atoms with Crippen molar-refractivity contribution in [3.05, 3.63) is 62.6 Å². The number of anilines is 1. The minimum absolute atomic E-state index is 0.297. The van der Waals surface area contributed by atoms with Crippen LogP contribution in [-0.4, -0.2) is 13.1 Å². The van der Waals surface area contributed by atoms with Crippen LogP contribution >= 0.6 is 34.8 Å². The molecular formula is C16H12Cl3N3O. The van der Waals surface area contributed by atoms with Gasteiger partial charge in [-0.15, -0.1) is 0 Å². The van der Waals surface area contributed by atoms with Crippen LogP contribution in [0.2, 0.25) is 15.1 Å². The minimum Gasteiger partial charge on any atom is -0.341 e. The number of urea groups is 1. The molecule has 2 amide bonds. The van der Waals surface area contributed by atoms with Gasteiger partial charge in [0, 0.05) is 33.4 Å². The number of hydrogen-bond acceptors (Lipinski definition) is 2. The van der Waals surface area contributed by atoms with Crippen LogP contribution in [-0.2, 0) is 0 Å². The Morgan fingerprint density at radius 3 is 2.17 bits per heavy atom. The van der Waals surface area contributed by atoms with Gasteiger partial charge in [0.2, 0.25) is 0 Å². The molecule has 2 aromatic rings. The first-order chi connectivity index (χ1) is 11.0. The molecule has 2 N–H and O–H groups in total. The number of amides is 2. The first-order valence-corrected chi connectivity index (χ1v) is 7.72. The summed E-state index contributed by atoms with van der Waals surface area (Å²) in [4.78, 5) is 11.4. The molecule has 7 heteroatoms. The summed E-state index contributed by atoms with van der Waals surface area (Å²) in [6.07, 6.45) is 0. The molecule has 0 bridgehead atoms. The Labute approximate surface area is 149 Å². The Balaban J connectivity index is 2.43. The number of hydrogen-bond donors (Lipinski definition) is 2. The van der Waals surface area contributed by atoms with Gasteiger partial charge in [0.15, 0.2) is 0 Å². The first-order valence-electron chi connectivity index (χ1n) is 6.59. The third-order valence-corrected chi connectivity index (χ3v) is 4.06. The van der Waals surface area contributed by atoms with Crippen molar-refractivity contribution in [2.75, 3.05) is 12.4 Å². The monoisotopic (exact) mass is 367 g/mol. The summed E-state index contributed by atoms with van der Waals surface area (Å²) in [7, 11) is 1.50. The van der Waals surface area contributed by atoms with E-state index in [2.05, 4.69) is 16.7 Å². The second-order valence-electron chi connectivity index (χ2n) is 4.67. The van der Waals surface area contributed by atoms with E-state index in [1.165, 1.54) is 7.05 Å². The van der Waals surface area contributed by atoms with E-state index in [1.54, 1.807) is 36.4 Å². The Hall–Kier alpha value is -1.93. The molecule has 1 unspecified atom stereocenters. The van der Waals surface area contributed by atoms with Crippen LogP contribution in [0.3, 0.4) is 0 Å². The van der Waals surface area contributed by atoms with Crippen LogP contribution in [0.4, 0.5) is 10.5 Å². The maximum absolute atomic E-state index is 11.4. The molecule has 0 spiro atoms. The summed E-state index contributed by atoms with van der Waals surface area (Å²) in [5, 5.41) is 15.7. The van der Waals surface area contributed by atoms with Gasteiger partial charge in [-0.25, -0.2) is 4.79 Å². The van der Waals surface area contributed by atoms with Gasteiger partial charge in [0.05, 0.1) is 12.0 Å². The lowest BCUT2D eigenvalue weighted by Gasteiger charge is -2.15. The van der Waals surface area contributed by atoms with Crippen molar-refractivity contribution >= 4 is 46.5 Å². The Morgan fingerprint density at radius 2 is 1.70 bits per heavy atom. The molecule has 0 aliphatic rings. The van der Waals surface area contributed by atoms with Gasteiger partial charge in [-0.3, -0.25) is 0 Å². The van der Waals surface area contributed by atoms with Gasteiger partial charge in [0.25, 0.3) is 0 Å². The number of nitriles is 1. The molecular weight excluding hydrogens is 357 g/mol. The molecule has 2 aromatic carbocycles. The van der Waals surface area contributed by atoms with Gasteiger partial charge in [-0.2, -0.15) is 5.26 Å². The molecule has 118 valence electrons. The van der Waals surface area contributed by atoms with Crippen molar-refractivity contribution < 1.29 is 4.79 Å². The quantitative estimate of drug-likeness (QED) is 0.796. The minimum atomic E-state index is -0.638. The molecule has 0 aliphatic carbocycles. The van der Waals surface area contributed by atoms with Crippen LogP contribution in [0, 0.1) is 11.3 Å². The van der Waals surface area contributed by atoms with Crippen molar-refractivity contribution in [1.29, 1.82) is 5.26 Å². The van der Waals surface area contributed by atoms with Crippen LogP contribution in [0.1, 0.15) is 17.0 Å². The number of carbonyl (C=O) groups excluding carboxylic acids is 1. The van der Waals surface area contributed by atoms with Gasteiger partial charge >= 0.3 is 6.03 Å². The summed E-state index contributed by atoms with van der Waals surface area (Å²) in [6, 6.07) is 11.8. The smallest absolute Gasteiger partial charge is 0.318 e. The van der Waals surface area contributed by atoms with E-state index >= 15 is 0 Å². The van der Waals surface area contributed by atoms with Crippen molar-refractivity contribution in [3.63, 3.8) is 0 Å². The van der Waals surface area contributed by atoms with Crippen molar-refractivity contribution in [2.24, 2.45) is 0 Å². The largest absolute Gasteiger partial charge is 0.341 e.